The van der Waals surface area contributed by atoms with E-state index in [0.717, 1.165) is 0 Å². The van der Waals surface area contributed by atoms with Gasteiger partial charge < -0.3 is 4.74 Å². The number of hydrogen-bond acceptors (Lipinski definition) is 3. The lowest BCUT2D eigenvalue weighted by Gasteiger charge is -2.14. The van der Waals surface area contributed by atoms with Crippen LogP contribution in [0.25, 0.3) is 0 Å². The molecule has 0 spiro atoms. The van der Waals surface area contributed by atoms with Gasteiger partial charge in [-0.2, -0.15) is 13.2 Å². The fraction of sp³-hybridized carbons (Fsp3) is 0.250. The molecule has 1 aromatic carbocycles. The number of primary sulfonamides is 1. The number of halogens is 6. The Morgan fingerprint density at radius 1 is 1.05 bits per heavy atom. The summed E-state index contributed by atoms with van der Waals surface area (Å²) in [6, 6.07) is 0.447. The Balaban J connectivity index is 3.43. The third-order valence-electron chi connectivity index (χ3n) is 1.80. The average Bonchev–Trinajstić information content (AvgIpc) is 2.11. The number of ether oxygens (including phenoxy) is 1. The molecule has 108 valence electrons. The molecular formula is C8H5F6NO3S. The molecule has 0 aliphatic carbocycles. The second kappa shape index (κ2) is 4.56. The molecule has 1 rings (SSSR count). The van der Waals surface area contributed by atoms with Gasteiger partial charge in [-0.05, 0) is 18.2 Å². The minimum atomic E-state index is -5.26. The summed E-state index contributed by atoms with van der Waals surface area (Å²) in [7, 11) is -4.81. The minimum absolute atomic E-state index is 0.0313. The lowest BCUT2D eigenvalue weighted by molar-refractivity contribution is -0.275. The van der Waals surface area contributed by atoms with Gasteiger partial charge in [0.1, 0.15) is 10.6 Å². The van der Waals surface area contributed by atoms with E-state index in [1.54, 1.807) is 0 Å². The molecular weight excluding hydrogens is 304 g/mol. The van der Waals surface area contributed by atoms with Crippen molar-refractivity contribution in [3.8, 4) is 5.75 Å². The number of hydrogen-bond donors (Lipinski definition) is 1. The molecule has 0 saturated heterocycles. The van der Waals surface area contributed by atoms with Crippen molar-refractivity contribution in [1.82, 2.24) is 0 Å². The first kappa shape index (κ1) is 15.6. The Morgan fingerprint density at radius 3 is 1.95 bits per heavy atom. The molecule has 0 aromatic heterocycles. The lowest BCUT2D eigenvalue weighted by atomic mass is 10.2. The molecule has 0 amide bonds. The van der Waals surface area contributed by atoms with E-state index in [9.17, 15) is 34.8 Å². The van der Waals surface area contributed by atoms with Crippen LogP contribution < -0.4 is 9.88 Å². The molecule has 0 heterocycles. The summed E-state index contributed by atoms with van der Waals surface area (Å²) < 4.78 is 98.1. The van der Waals surface area contributed by atoms with Gasteiger partial charge in [0.15, 0.2) is 0 Å². The van der Waals surface area contributed by atoms with Gasteiger partial charge in [-0.15, -0.1) is 13.2 Å². The molecule has 0 aliphatic heterocycles. The molecule has 1 aromatic rings. The van der Waals surface area contributed by atoms with Gasteiger partial charge in [0.2, 0.25) is 10.0 Å². The Labute approximate surface area is 102 Å². The van der Waals surface area contributed by atoms with Crippen LogP contribution in [0.5, 0.6) is 5.75 Å². The Kier molecular flexibility index (Phi) is 3.74. The van der Waals surface area contributed by atoms with Crippen molar-refractivity contribution in [1.29, 1.82) is 0 Å². The molecule has 0 aliphatic rings. The molecule has 4 nitrogen and oxygen atoms in total. The highest BCUT2D eigenvalue weighted by Crippen LogP contribution is 2.35. The van der Waals surface area contributed by atoms with E-state index < -0.39 is 38.8 Å². The smallest absolute Gasteiger partial charge is 0.404 e. The third-order valence-corrected chi connectivity index (χ3v) is 2.74. The summed E-state index contributed by atoms with van der Waals surface area (Å²) in [5, 5.41) is 4.55. The van der Waals surface area contributed by atoms with Crippen molar-refractivity contribution in [3.63, 3.8) is 0 Å². The van der Waals surface area contributed by atoms with Gasteiger partial charge in [-0.25, -0.2) is 13.6 Å². The molecule has 0 unspecified atom stereocenters. The summed E-state index contributed by atoms with van der Waals surface area (Å²) in [6.07, 6.45) is -10.2. The minimum Gasteiger partial charge on any atom is -0.404 e. The van der Waals surface area contributed by atoms with Crippen molar-refractivity contribution in [2.24, 2.45) is 5.14 Å². The van der Waals surface area contributed by atoms with Crippen LogP contribution in [0.4, 0.5) is 26.3 Å². The molecule has 0 bridgehead atoms. The summed E-state index contributed by atoms with van der Waals surface area (Å²) >= 11 is 0. The zero-order valence-corrected chi connectivity index (χ0v) is 9.53. The maximum Gasteiger partial charge on any atom is 0.573 e. The van der Waals surface area contributed by atoms with Crippen LogP contribution >= 0.6 is 0 Å². The van der Waals surface area contributed by atoms with Crippen LogP contribution in [-0.2, 0) is 16.2 Å². The molecule has 11 heteroatoms. The molecule has 19 heavy (non-hydrogen) atoms. The van der Waals surface area contributed by atoms with Crippen LogP contribution in [0.1, 0.15) is 5.56 Å². The van der Waals surface area contributed by atoms with Crippen LogP contribution in [0.3, 0.4) is 0 Å². The predicted octanol–water partition coefficient (Wildman–Crippen LogP) is 2.25. The highest BCUT2D eigenvalue weighted by molar-refractivity contribution is 7.89. The number of benzene rings is 1. The van der Waals surface area contributed by atoms with E-state index in [4.69, 9.17) is 0 Å². The van der Waals surface area contributed by atoms with Gasteiger partial charge in [0, 0.05) is 0 Å². The van der Waals surface area contributed by atoms with Gasteiger partial charge in [-0.1, -0.05) is 0 Å². The summed E-state index contributed by atoms with van der Waals surface area (Å²) in [4.78, 5) is -1.40. The monoisotopic (exact) mass is 309 g/mol. The zero-order valence-electron chi connectivity index (χ0n) is 8.71. The van der Waals surface area contributed by atoms with Gasteiger partial charge in [0.05, 0.1) is 5.56 Å². The van der Waals surface area contributed by atoms with Crippen LogP contribution in [0.2, 0.25) is 0 Å². The zero-order chi connectivity index (χ0) is 15.1. The van der Waals surface area contributed by atoms with Crippen molar-refractivity contribution >= 4 is 10.0 Å². The van der Waals surface area contributed by atoms with Crippen molar-refractivity contribution in [3.05, 3.63) is 23.8 Å². The normalized spacial score (nSPS) is 13.4. The summed E-state index contributed by atoms with van der Waals surface area (Å²) in [5.74, 6) is -1.33. The fourth-order valence-corrected chi connectivity index (χ4v) is 1.80. The maximum atomic E-state index is 12.3. The summed E-state index contributed by atoms with van der Waals surface area (Å²) in [6.45, 7) is 0. The first-order valence-electron chi connectivity index (χ1n) is 4.30. The topological polar surface area (TPSA) is 69.4 Å². The Morgan fingerprint density at radius 2 is 1.58 bits per heavy atom. The quantitative estimate of drug-likeness (QED) is 0.852. The first-order chi connectivity index (χ1) is 8.31. The SMILES string of the molecule is NS(=O)(=O)c1cc(C(F)(F)F)ccc1OC(F)(F)F. The standard InChI is InChI=1S/C8H5F6NO3S/c9-7(10,11)4-1-2-5(18-8(12,13)14)6(3-4)19(15,16)17/h1-3H,(H2,15,16,17). The molecule has 0 fully saturated rings. The Hall–Kier alpha value is -1.49. The maximum absolute atomic E-state index is 12.3. The van der Waals surface area contributed by atoms with Crippen molar-refractivity contribution in [2.75, 3.05) is 0 Å². The first-order valence-corrected chi connectivity index (χ1v) is 5.85. The number of nitrogens with two attached hydrogens (primary N) is 1. The fourth-order valence-electron chi connectivity index (χ4n) is 1.12. The highest BCUT2D eigenvalue weighted by atomic mass is 32.2. The Bertz CT molecular complexity index is 577. The number of rotatable bonds is 2. The number of alkyl halides is 6. The van der Waals surface area contributed by atoms with E-state index in [1.807, 2.05) is 0 Å². The van der Waals surface area contributed by atoms with Crippen molar-refractivity contribution in [2.45, 2.75) is 17.4 Å². The van der Waals surface area contributed by atoms with Crippen LogP contribution in [0, 0.1) is 0 Å². The van der Waals surface area contributed by atoms with E-state index in [2.05, 4.69) is 9.88 Å². The van der Waals surface area contributed by atoms with E-state index in [-0.39, 0.29) is 18.2 Å². The van der Waals surface area contributed by atoms with E-state index >= 15 is 0 Å². The summed E-state index contributed by atoms with van der Waals surface area (Å²) in [5.41, 5.74) is -1.47. The van der Waals surface area contributed by atoms with Crippen LogP contribution in [0.15, 0.2) is 23.1 Å². The average molecular weight is 309 g/mol. The van der Waals surface area contributed by atoms with Crippen molar-refractivity contribution < 1.29 is 39.5 Å². The lowest BCUT2D eigenvalue weighted by Crippen LogP contribution is -2.21. The predicted molar refractivity (Wildman–Crippen MR) is 49.5 cm³/mol. The highest BCUT2D eigenvalue weighted by Gasteiger charge is 2.36. The molecule has 0 saturated carbocycles. The van der Waals surface area contributed by atoms with Gasteiger partial charge in [-0.3, -0.25) is 0 Å². The van der Waals surface area contributed by atoms with Crippen LogP contribution in [-0.4, -0.2) is 14.8 Å². The second-order valence-electron chi connectivity index (χ2n) is 3.25. The number of sulfonamides is 1. The molecule has 0 radical (unpaired) electrons. The largest absolute Gasteiger partial charge is 0.573 e. The molecule has 0 atom stereocenters. The third kappa shape index (κ3) is 4.28. The van der Waals surface area contributed by atoms with Gasteiger partial charge in [0.25, 0.3) is 0 Å². The van der Waals surface area contributed by atoms with Gasteiger partial charge >= 0.3 is 12.5 Å². The second-order valence-corrected chi connectivity index (χ2v) is 4.78. The molecule has 2 N–H and O–H groups in total. The van der Waals surface area contributed by atoms with E-state index in [0.29, 0.717) is 0 Å². The van der Waals surface area contributed by atoms with E-state index in [1.165, 1.54) is 0 Å².